The van der Waals surface area contributed by atoms with Crippen molar-refractivity contribution in [3.05, 3.63) is 50.3 Å². The van der Waals surface area contributed by atoms with Crippen LogP contribution < -0.4 is 0 Å². The number of carboxylic acids is 1. The molecular weight excluding hydrogens is 274 g/mol. The Bertz CT molecular complexity index is 723. The second kappa shape index (κ2) is 4.72. The lowest BCUT2D eigenvalue weighted by molar-refractivity contribution is -0.390. The zero-order chi connectivity index (χ0) is 14.9. The minimum atomic E-state index is -1.38. The van der Waals surface area contributed by atoms with Gasteiger partial charge in [-0.3, -0.25) is 10.1 Å². The van der Waals surface area contributed by atoms with Crippen LogP contribution in [0.4, 0.5) is 11.5 Å². The van der Waals surface area contributed by atoms with Crippen molar-refractivity contribution in [1.82, 2.24) is 14.8 Å². The Morgan fingerprint density at radius 2 is 2.00 bits per heavy atom. The maximum absolute atomic E-state index is 10.9. The normalized spacial score (nSPS) is 10.2. The van der Waals surface area contributed by atoms with Crippen LogP contribution in [-0.4, -0.2) is 35.7 Å². The lowest BCUT2D eigenvalue weighted by Crippen LogP contribution is -2.07. The molecule has 0 saturated heterocycles. The number of carboxylic acid groups (broad SMARTS) is 1. The van der Waals surface area contributed by atoms with Crippen LogP contribution >= 0.6 is 0 Å². The quantitative estimate of drug-likeness (QED) is 0.635. The van der Waals surface area contributed by atoms with E-state index in [2.05, 4.69) is 10.1 Å². The highest BCUT2D eigenvalue weighted by Crippen LogP contribution is 2.22. The molecule has 2 rings (SSSR count). The second-order valence-corrected chi connectivity index (χ2v) is 3.50. The fourth-order valence-corrected chi connectivity index (χ4v) is 1.40. The van der Waals surface area contributed by atoms with Crippen LogP contribution in [0.15, 0.2) is 24.5 Å². The summed E-state index contributed by atoms with van der Waals surface area (Å²) in [5.41, 5.74) is -0.995. The average Bonchev–Trinajstić information content (AvgIpc) is 2.87. The van der Waals surface area contributed by atoms with E-state index in [4.69, 9.17) is 5.11 Å². The van der Waals surface area contributed by atoms with Crippen LogP contribution in [0, 0.1) is 20.2 Å². The van der Waals surface area contributed by atoms with Crippen molar-refractivity contribution in [2.24, 2.45) is 0 Å². The van der Waals surface area contributed by atoms with Crippen molar-refractivity contribution >= 4 is 17.5 Å². The number of hydrogen-bond donors (Lipinski definition) is 1. The van der Waals surface area contributed by atoms with Gasteiger partial charge in [0, 0.05) is 12.3 Å². The molecule has 2 heterocycles. The van der Waals surface area contributed by atoms with Crippen LogP contribution in [0.25, 0.3) is 5.82 Å². The van der Waals surface area contributed by atoms with Gasteiger partial charge >= 0.3 is 17.5 Å². The Morgan fingerprint density at radius 1 is 1.30 bits per heavy atom. The summed E-state index contributed by atoms with van der Waals surface area (Å²) >= 11 is 0. The fourth-order valence-electron chi connectivity index (χ4n) is 1.40. The Morgan fingerprint density at radius 3 is 2.50 bits per heavy atom. The van der Waals surface area contributed by atoms with Crippen LogP contribution in [0.2, 0.25) is 0 Å². The van der Waals surface area contributed by atoms with E-state index in [1.807, 2.05) is 0 Å². The Balaban J connectivity index is 2.57. The fraction of sp³-hybridized carbons (Fsp3) is 0. The molecule has 11 heteroatoms. The van der Waals surface area contributed by atoms with Crippen molar-refractivity contribution in [3.63, 3.8) is 0 Å². The van der Waals surface area contributed by atoms with Gasteiger partial charge in [0.15, 0.2) is 0 Å². The van der Waals surface area contributed by atoms with E-state index in [0.717, 1.165) is 29.2 Å². The van der Waals surface area contributed by atoms with E-state index in [9.17, 15) is 25.0 Å². The zero-order valence-corrected chi connectivity index (χ0v) is 9.53. The number of hydrogen-bond acceptors (Lipinski definition) is 7. The molecule has 0 unspecified atom stereocenters. The summed E-state index contributed by atoms with van der Waals surface area (Å²) in [6.07, 6.45) is 2.02. The number of nitrogens with zero attached hydrogens (tertiary/aromatic N) is 5. The molecule has 0 fully saturated rings. The molecule has 0 aliphatic carbocycles. The summed E-state index contributed by atoms with van der Waals surface area (Å²) in [5.74, 6) is -2.20. The first-order valence-corrected chi connectivity index (χ1v) is 4.98. The molecule has 20 heavy (non-hydrogen) atoms. The highest BCUT2D eigenvalue weighted by atomic mass is 16.6. The summed E-state index contributed by atoms with van der Waals surface area (Å²) in [6.45, 7) is 0. The largest absolute Gasteiger partial charge is 0.478 e. The molecule has 0 amide bonds. The molecule has 0 spiro atoms. The maximum Gasteiger partial charge on any atom is 0.390 e. The topological polar surface area (TPSA) is 154 Å². The molecule has 0 aromatic carbocycles. The summed E-state index contributed by atoms with van der Waals surface area (Å²) in [5, 5.41) is 33.7. The smallest absolute Gasteiger partial charge is 0.390 e. The van der Waals surface area contributed by atoms with E-state index in [0.29, 0.717) is 0 Å². The first kappa shape index (κ1) is 13.1. The number of carbonyl (C=O) groups is 1. The molecule has 11 nitrogen and oxygen atoms in total. The minimum Gasteiger partial charge on any atom is -0.478 e. The van der Waals surface area contributed by atoms with E-state index in [1.165, 1.54) is 0 Å². The van der Waals surface area contributed by atoms with E-state index < -0.39 is 27.3 Å². The Kier molecular flexibility index (Phi) is 3.08. The summed E-state index contributed by atoms with van der Waals surface area (Å²) in [4.78, 5) is 34.2. The molecule has 0 radical (unpaired) electrons. The molecule has 0 aliphatic heterocycles. The Hall–Kier alpha value is -3.37. The molecule has 1 N–H and O–H groups in total. The van der Waals surface area contributed by atoms with Gasteiger partial charge in [-0.05, 0) is 4.92 Å². The lowest BCUT2D eigenvalue weighted by atomic mass is 10.2. The molecule has 2 aromatic rings. The van der Waals surface area contributed by atoms with Gasteiger partial charge in [0.05, 0.1) is 27.8 Å². The lowest BCUT2D eigenvalue weighted by Gasteiger charge is -2.00. The predicted molar refractivity (Wildman–Crippen MR) is 61.6 cm³/mol. The van der Waals surface area contributed by atoms with Crippen LogP contribution in [-0.2, 0) is 0 Å². The van der Waals surface area contributed by atoms with E-state index >= 15 is 0 Å². The summed E-state index contributed by atoms with van der Waals surface area (Å²) in [7, 11) is 0. The third-order valence-corrected chi connectivity index (χ3v) is 2.27. The number of pyridine rings is 1. The van der Waals surface area contributed by atoms with Crippen LogP contribution in [0.3, 0.4) is 0 Å². The number of aromatic carboxylic acids is 1. The van der Waals surface area contributed by atoms with Gasteiger partial charge in [-0.2, -0.15) is 0 Å². The van der Waals surface area contributed by atoms with Crippen molar-refractivity contribution in [2.75, 3.05) is 0 Å². The molecule has 0 bridgehead atoms. The van der Waals surface area contributed by atoms with Crippen molar-refractivity contribution < 1.29 is 19.7 Å². The van der Waals surface area contributed by atoms with Crippen LogP contribution in [0.1, 0.15) is 10.4 Å². The summed E-state index contributed by atoms with van der Waals surface area (Å²) < 4.78 is 0.835. The zero-order valence-electron chi connectivity index (χ0n) is 9.53. The molecule has 102 valence electrons. The third-order valence-electron chi connectivity index (χ3n) is 2.27. The van der Waals surface area contributed by atoms with Gasteiger partial charge in [-0.25, -0.2) is 9.78 Å². The number of rotatable bonds is 4. The maximum atomic E-state index is 10.9. The van der Waals surface area contributed by atoms with Gasteiger partial charge in [-0.15, -0.1) is 4.68 Å². The van der Waals surface area contributed by atoms with Crippen LogP contribution in [0.5, 0.6) is 0 Å². The monoisotopic (exact) mass is 279 g/mol. The number of aromatic nitrogens is 3. The minimum absolute atomic E-state index is 0.312. The number of nitro groups is 2. The van der Waals surface area contributed by atoms with Crippen molar-refractivity contribution in [3.8, 4) is 5.82 Å². The van der Waals surface area contributed by atoms with E-state index in [1.54, 1.807) is 0 Å². The van der Waals surface area contributed by atoms with Gasteiger partial charge < -0.3 is 15.2 Å². The molecule has 2 aromatic heterocycles. The average molecular weight is 279 g/mol. The third kappa shape index (κ3) is 2.27. The van der Waals surface area contributed by atoms with E-state index in [-0.39, 0.29) is 11.4 Å². The van der Waals surface area contributed by atoms with Crippen molar-refractivity contribution in [2.45, 2.75) is 0 Å². The summed E-state index contributed by atoms with van der Waals surface area (Å²) in [6, 6.07) is 1.84. The highest BCUT2D eigenvalue weighted by molar-refractivity contribution is 5.88. The molecule has 0 aliphatic rings. The van der Waals surface area contributed by atoms with Crippen molar-refractivity contribution in [1.29, 1.82) is 0 Å². The first-order chi connectivity index (χ1) is 9.40. The second-order valence-electron chi connectivity index (χ2n) is 3.50. The van der Waals surface area contributed by atoms with Gasteiger partial charge in [0.1, 0.15) is 0 Å². The van der Waals surface area contributed by atoms with Gasteiger partial charge in [0.2, 0.25) is 0 Å². The Labute approximate surface area is 109 Å². The van der Waals surface area contributed by atoms with Gasteiger partial charge in [-0.1, -0.05) is 0 Å². The predicted octanol–water partition coefficient (Wildman–Crippen LogP) is 0.782. The molecule has 0 atom stereocenters. The highest BCUT2D eigenvalue weighted by Gasteiger charge is 2.24. The molecule has 0 saturated carbocycles. The molecular formula is C9H5N5O6. The first-order valence-electron chi connectivity index (χ1n) is 4.98. The SMILES string of the molecule is O=C(O)c1cnc(-n2ccc([N+](=O)[O-])n2)c([N+](=O)[O-])c1. The standard InChI is InChI=1S/C9H5N5O6/c15-9(16)5-3-6(13(17)18)8(10-4-5)12-2-1-7(11-12)14(19)20/h1-4H,(H,15,16). The van der Waals surface area contributed by atoms with Gasteiger partial charge in [0.25, 0.3) is 5.82 Å².